The van der Waals surface area contributed by atoms with E-state index in [-0.39, 0.29) is 10.6 Å². The molecule has 3 aromatic rings. The molecule has 10 heteroatoms. The number of aromatic hydroxyl groups is 1. The lowest BCUT2D eigenvalue weighted by Gasteiger charge is -2.24. The van der Waals surface area contributed by atoms with Gasteiger partial charge < -0.3 is 9.84 Å². The summed E-state index contributed by atoms with van der Waals surface area (Å²) < 4.78 is 34.0. The Hall–Kier alpha value is -3.37. The average molecular weight is 546 g/mol. The molecule has 0 aliphatic carbocycles. The Bertz CT molecular complexity index is 1280. The third-order valence-electron chi connectivity index (χ3n) is 4.77. The highest BCUT2D eigenvalue weighted by Gasteiger charge is 2.27. The minimum Gasteiger partial charge on any atom is -0.507 e. The maximum absolute atomic E-state index is 13.4. The highest BCUT2D eigenvalue weighted by molar-refractivity contribution is 9.10. The Labute approximate surface area is 207 Å². The van der Waals surface area contributed by atoms with Gasteiger partial charge in [-0.2, -0.15) is 5.10 Å². The first-order valence-corrected chi connectivity index (χ1v) is 12.6. The number of ether oxygens (including phenoxy) is 1. The summed E-state index contributed by atoms with van der Waals surface area (Å²) in [6.07, 6.45) is 0. The van der Waals surface area contributed by atoms with Gasteiger partial charge in [-0.25, -0.2) is 13.8 Å². The van der Waals surface area contributed by atoms with E-state index in [9.17, 15) is 18.3 Å². The molecule has 0 unspecified atom stereocenters. The van der Waals surface area contributed by atoms with E-state index in [0.717, 1.165) is 8.78 Å². The SMILES string of the molecule is CCOc1ccc(N(CC(=O)N/N=C(\C)c2ccccc2O)S(=O)(=O)c2ccc(Br)cc2)cc1. The van der Waals surface area contributed by atoms with Crippen molar-refractivity contribution in [3.63, 3.8) is 0 Å². The highest BCUT2D eigenvalue weighted by Crippen LogP contribution is 2.26. The number of halogens is 1. The summed E-state index contributed by atoms with van der Waals surface area (Å²) in [7, 11) is -4.07. The van der Waals surface area contributed by atoms with Crippen molar-refractivity contribution in [2.75, 3.05) is 17.5 Å². The van der Waals surface area contributed by atoms with Gasteiger partial charge in [-0.05, 0) is 74.5 Å². The Balaban J connectivity index is 1.89. The predicted octanol–water partition coefficient (Wildman–Crippen LogP) is 4.29. The minimum atomic E-state index is -4.07. The smallest absolute Gasteiger partial charge is 0.264 e. The molecule has 0 radical (unpaired) electrons. The van der Waals surface area contributed by atoms with E-state index in [4.69, 9.17) is 4.74 Å². The summed E-state index contributed by atoms with van der Waals surface area (Å²) in [4.78, 5) is 12.8. The second-order valence-electron chi connectivity index (χ2n) is 7.14. The number of carbonyl (C=O) groups excluding carboxylic acids is 1. The Morgan fingerprint density at radius 3 is 2.32 bits per heavy atom. The van der Waals surface area contributed by atoms with Crippen molar-refractivity contribution in [1.29, 1.82) is 0 Å². The van der Waals surface area contributed by atoms with E-state index >= 15 is 0 Å². The van der Waals surface area contributed by atoms with Crippen molar-refractivity contribution in [3.05, 3.63) is 82.8 Å². The molecular weight excluding hydrogens is 522 g/mol. The van der Waals surface area contributed by atoms with Crippen LogP contribution in [-0.2, 0) is 14.8 Å². The van der Waals surface area contributed by atoms with Gasteiger partial charge in [-0.3, -0.25) is 9.10 Å². The molecule has 0 heterocycles. The number of hydrogen-bond acceptors (Lipinski definition) is 6. The van der Waals surface area contributed by atoms with Crippen LogP contribution < -0.4 is 14.5 Å². The normalized spacial score (nSPS) is 11.7. The van der Waals surface area contributed by atoms with E-state index < -0.39 is 22.5 Å². The Morgan fingerprint density at radius 1 is 1.06 bits per heavy atom. The third-order valence-corrected chi connectivity index (χ3v) is 7.08. The standard InChI is InChI=1S/C24H24BrN3O5S/c1-3-33-20-12-10-19(11-13-20)28(34(31,32)21-14-8-18(25)9-15-21)16-24(30)27-26-17(2)22-6-4-5-7-23(22)29/h4-15,29H,3,16H2,1-2H3,(H,27,30)/b26-17+. The van der Waals surface area contributed by atoms with Gasteiger partial charge in [0.25, 0.3) is 15.9 Å². The lowest BCUT2D eigenvalue weighted by molar-refractivity contribution is -0.119. The number of nitrogens with one attached hydrogen (secondary N) is 1. The van der Waals surface area contributed by atoms with Gasteiger partial charge in [0.2, 0.25) is 0 Å². The number of carbonyl (C=O) groups is 1. The van der Waals surface area contributed by atoms with Crippen LogP contribution in [0.3, 0.4) is 0 Å². The molecule has 0 saturated carbocycles. The summed E-state index contributed by atoms with van der Waals surface area (Å²) in [5.74, 6) is -0.0456. The van der Waals surface area contributed by atoms with Crippen molar-refractivity contribution in [1.82, 2.24) is 5.43 Å². The maximum atomic E-state index is 13.4. The van der Waals surface area contributed by atoms with Crippen molar-refractivity contribution in [3.8, 4) is 11.5 Å². The zero-order chi connectivity index (χ0) is 24.7. The zero-order valence-electron chi connectivity index (χ0n) is 18.6. The first-order chi connectivity index (χ1) is 16.2. The van der Waals surface area contributed by atoms with Gasteiger partial charge in [-0.15, -0.1) is 0 Å². The molecule has 0 saturated heterocycles. The number of rotatable bonds is 9. The molecule has 3 rings (SSSR count). The number of phenolic OH excluding ortho intramolecular Hbond substituents is 1. The van der Waals surface area contributed by atoms with Crippen LogP contribution in [0.25, 0.3) is 0 Å². The van der Waals surface area contributed by atoms with Crippen LogP contribution in [0.15, 0.2) is 87.3 Å². The van der Waals surface area contributed by atoms with Gasteiger partial charge in [0.1, 0.15) is 18.0 Å². The van der Waals surface area contributed by atoms with Crippen LogP contribution in [0.4, 0.5) is 5.69 Å². The number of sulfonamides is 1. The fourth-order valence-corrected chi connectivity index (χ4v) is 4.76. The van der Waals surface area contributed by atoms with Crippen LogP contribution in [0, 0.1) is 0 Å². The predicted molar refractivity (Wildman–Crippen MR) is 135 cm³/mol. The average Bonchev–Trinajstić information content (AvgIpc) is 2.82. The highest BCUT2D eigenvalue weighted by atomic mass is 79.9. The molecule has 0 fully saturated rings. The molecule has 3 aromatic carbocycles. The van der Waals surface area contributed by atoms with Gasteiger partial charge in [0.05, 0.1) is 22.9 Å². The topological polar surface area (TPSA) is 108 Å². The van der Waals surface area contributed by atoms with Crippen LogP contribution >= 0.6 is 15.9 Å². The van der Waals surface area contributed by atoms with Gasteiger partial charge in [0, 0.05) is 10.0 Å². The summed E-state index contributed by atoms with van der Waals surface area (Å²) in [6.45, 7) is 3.43. The van der Waals surface area contributed by atoms with E-state index in [1.807, 2.05) is 6.92 Å². The molecule has 0 aromatic heterocycles. The number of para-hydroxylation sites is 1. The number of anilines is 1. The van der Waals surface area contributed by atoms with Crippen molar-refractivity contribution < 1.29 is 23.1 Å². The summed E-state index contributed by atoms with van der Waals surface area (Å²) in [5, 5.41) is 14.0. The molecule has 0 aliphatic heterocycles. The quantitative estimate of drug-likeness (QED) is 0.308. The monoisotopic (exact) mass is 545 g/mol. The lowest BCUT2D eigenvalue weighted by Crippen LogP contribution is -2.39. The first kappa shape index (κ1) is 25.3. The van der Waals surface area contributed by atoms with Gasteiger partial charge in [0.15, 0.2) is 0 Å². The molecule has 0 atom stereocenters. The van der Waals surface area contributed by atoms with Crippen LogP contribution in [0.5, 0.6) is 11.5 Å². The molecule has 2 N–H and O–H groups in total. The third kappa shape index (κ3) is 6.15. The maximum Gasteiger partial charge on any atom is 0.264 e. The molecule has 0 bridgehead atoms. The summed E-state index contributed by atoms with van der Waals surface area (Å²) in [6, 6.07) is 19.1. The van der Waals surface area contributed by atoms with Gasteiger partial charge in [-0.1, -0.05) is 28.1 Å². The molecule has 34 heavy (non-hydrogen) atoms. The van der Waals surface area contributed by atoms with Crippen LogP contribution in [0.2, 0.25) is 0 Å². The first-order valence-electron chi connectivity index (χ1n) is 10.3. The van der Waals surface area contributed by atoms with Gasteiger partial charge >= 0.3 is 0 Å². The van der Waals surface area contributed by atoms with E-state index in [1.165, 1.54) is 18.2 Å². The summed E-state index contributed by atoms with van der Waals surface area (Å²) in [5.41, 5.74) is 3.49. The van der Waals surface area contributed by atoms with E-state index in [2.05, 4.69) is 26.5 Å². The zero-order valence-corrected chi connectivity index (χ0v) is 21.0. The van der Waals surface area contributed by atoms with Crippen LogP contribution in [0.1, 0.15) is 19.4 Å². The Morgan fingerprint density at radius 2 is 1.71 bits per heavy atom. The molecule has 0 aliphatic rings. The molecule has 0 spiro atoms. The molecular formula is C24H24BrN3O5S. The van der Waals surface area contributed by atoms with Crippen molar-refractivity contribution in [2.45, 2.75) is 18.7 Å². The number of hydrazone groups is 1. The number of hydrogen-bond donors (Lipinski definition) is 2. The molecule has 178 valence electrons. The summed E-state index contributed by atoms with van der Waals surface area (Å²) >= 11 is 3.30. The number of nitrogens with zero attached hydrogens (tertiary/aromatic N) is 2. The van der Waals surface area contributed by atoms with E-state index in [1.54, 1.807) is 61.5 Å². The fourth-order valence-electron chi connectivity index (χ4n) is 3.08. The minimum absolute atomic E-state index is 0.0202. The molecule has 8 nitrogen and oxygen atoms in total. The number of amides is 1. The Kier molecular flexibility index (Phi) is 8.30. The van der Waals surface area contributed by atoms with Crippen molar-refractivity contribution >= 4 is 43.3 Å². The second kappa shape index (κ2) is 11.2. The number of phenols is 1. The van der Waals surface area contributed by atoms with Crippen molar-refractivity contribution in [2.24, 2.45) is 5.10 Å². The lowest BCUT2D eigenvalue weighted by atomic mass is 10.1. The second-order valence-corrected chi connectivity index (χ2v) is 9.92. The van der Waals surface area contributed by atoms with Crippen LogP contribution in [-0.4, -0.2) is 38.3 Å². The number of benzene rings is 3. The van der Waals surface area contributed by atoms with E-state index in [0.29, 0.717) is 29.3 Å². The molecule has 1 amide bonds. The fraction of sp³-hybridized carbons (Fsp3) is 0.167. The largest absolute Gasteiger partial charge is 0.507 e.